The van der Waals surface area contributed by atoms with Crippen LogP contribution in [0.1, 0.15) is 213 Å². The highest BCUT2D eigenvalue weighted by molar-refractivity contribution is 5.88. The van der Waals surface area contributed by atoms with E-state index < -0.39 is 30.3 Å². The average molecular weight is 671 g/mol. The van der Waals surface area contributed by atoms with E-state index in [0.29, 0.717) is 12.8 Å². The Morgan fingerprint density at radius 2 is 0.574 bits per heavy atom. The van der Waals surface area contributed by atoms with E-state index in [1.54, 1.807) is 0 Å². The number of carbonyl (C=O) groups is 4. The first-order valence-electron chi connectivity index (χ1n) is 19.2. The van der Waals surface area contributed by atoms with Crippen molar-refractivity contribution in [1.29, 1.82) is 0 Å². The van der Waals surface area contributed by atoms with Crippen molar-refractivity contribution < 1.29 is 39.6 Å². The predicted octanol–water partition coefficient (Wildman–Crippen LogP) is 12.0. The number of carboxylic acid groups (broad SMARTS) is 4. The van der Waals surface area contributed by atoms with Crippen LogP contribution in [0.5, 0.6) is 0 Å². The number of hydrogen-bond donors (Lipinski definition) is 4. The first-order chi connectivity index (χ1) is 22.7. The largest absolute Gasteiger partial charge is 0.481 e. The van der Waals surface area contributed by atoms with E-state index in [0.717, 1.165) is 25.7 Å². The van der Waals surface area contributed by atoms with E-state index in [1.807, 2.05) is 0 Å². The second kappa shape index (κ2) is 43.6. The zero-order valence-electron chi connectivity index (χ0n) is 30.5. The summed E-state index contributed by atoms with van der Waals surface area (Å²) < 4.78 is 0. The summed E-state index contributed by atoms with van der Waals surface area (Å²) in [5.74, 6) is -3.94. The molecule has 0 aliphatic heterocycles. The Morgan fingerprint density at radius 3 is 0.787 bits per heavy atom. The fourth-order valence-electron chi connectivity index (χ4n) is 5.12. The van der Waals surface area contributed by atoms with Gasteiger partial charge in [0.05, 0.1) is 0 Å². The third-order valence-corrected chi connectivity index (χ3v) is 7.95. The number of hydrogen-bond acceptors (Lipinski definition) is 4. The van der Waals surface area contributed by atoms with Crippen molar-refractivity contribution in [1.82, 2.24) is 0 Å². The molecule has 0 bridgehead atoms. The van der Waals surface area contributed by atoms with E-state index in [1.165, 1.54) is 154 Å². The Morgan fingerprint density at radius 1 is 0.340 bits per heavy atom. The van der Waals surface area contributed by atoms with Crippen LogP contribution >= 0.6 is 0 Å². The Hall–Kier alpha value is -2.38. The molecule has 0 rings (SSSR count). The quantitative estimate of drug-likeness (QED) is 0.0306. The van der Waals surface area contributed by atoms with Crippen LogP contribution in [0.2, 0.25) is 0 Å². The molecule has 0 atom stereocenters. The fourth-order valence-corrected chi connectivity index (χ4v) is 5.12. The van der Waals surface area contributed by atoms with Crippen molar-refractivity contribution in [2.24, 2.45) is 0 Å². The van der Waals surface area contributed by atoms with Gasteiger partial charge in [-0.05, 0) is 38.5 Å². The number of unbranched alkanes of at least 4 members (excludes halogenated alkanes) is 25. The van der Waals surface area contributed by atoms with Crippen LogP contribution in [0, 0.1) is 0 Å². The molecule has 0 unspecified atom stereocenters. The van der Waals surface area contributed by atoms with Crippen LogP contribution in [0.3, 0.4) is 0 Å². The Labute approximate surface area is 288 Å². The van der Waals surface area contributed by atoms with Crippen LogP contribution in [0.25, 0.3) is 0 Å². The summed E-state index contributed by atoms with van der Waals surface area (Å²) >= 11 is 0. The van der Waals surface area contributed by atoms with Gasteiger partial charge in [0.1, 0.15) is 6.42 Å². The molecule has 0 saturated carbocycles. The summed E-state index contributed by atoms with van der Waals surface area (Å²) in [6.45, 7) is 4.53. The topological polar surface area (TPSA) is 149 Å². The monoisotopic (exact) mass is 671 g/mol. The molecular formula is C39H74O8. The van der Waals surface area contributed by atoms with E-state index in [2.05, 4.69) is 26.0 Å². The van der Waals surface area contributed by atoms with Gasteiger partial charge in [-0.15, -0.1) is 0 Å². The molecule has 0 aliphatic rings. The molecule has 0 aliphatic carbocycles. The maximum absolute atomic E-state index is 10.3. The molecule has 4 N–H and O–H groups in total. The first kappa shape index (κ1) is 49.0. The van der Waals surface area contributed by atoms with E-state index >= 15 is 0 Å². The van der Waals surface area contributed by atoms with Crippen molar-refractivity contribution >= 4 is 23.9 Å². The molecule has 0 heterocycles. The molecule has 8 nitrogen and oxygen atoms in total. The van der Waals surface area contributed by atoms with Gasteiger partial charge in [-0.2, -0.15) is 0 Å². The minimum absolute atomic E-state index is 0.332. The smallest absolute Gasteiger partial charge is 0.314 e. The Bertz CT molecular complexity index is 708. The molecule has 0 fully saturated rings. The van der Waals surface area contributed by atoms with Crippen LogP contribution in [0.15, 0.2) is 12.2 Å². The summed E-state index contributed by atoms with van der Waals surface area (Å²) in [5.41, 5.74) is 0. The summed E-state index contributed by atoms with van der Waals surface area (Å²) in [4.78, 5) is 39.5. The van der Waals surface area contributed by atoms with Crippen molar-refractivity contribution in [3.05, 3.63) is 12.2 Å². The van der Waals surface area contributed by atoms with E-state index in [4.69, 9.17) is 20.4 Å². The number of allylic oxidation sites excluding steroid dienone is 2. The zero-order chi connectivity index (χ0) is 35.6. The first-order valence-corrected chi connectivity index (χ1v) is 19.2. The zero-order valence-corrected chi connectivity index (χ0v) is 30.5. The minimum atomic E-state index is -1.31. The molecule has 0 radical (unpaired) electrons. The summed E-state index contributed by atoms with van der Waals surface area (Å²) in [5, 5.41) is 32.4. The second-order valence-electron chi connectivity index (χ2n) is 12.8. The molecule has 47 heavy (non-hydrogen) atoms. The third kappa shape index (κ3) is 59.6. The third-order valence-electron chi connectivity index (χ3n) is 7.95. The molecule has 0 spiro atoms. The standard InChI is InChI=1S/C18H36O2.C18H34O2.C3H4O4/c2*1-2-3-4-5-6-7-8-9-10-11-12-13-14-15-16-17-18(19)20;4-2(5)1-3(6)7/h2-17H2,1H3,(H,19,20);9-10H,2-8,11-17H2,1H3,(H,19,20);1H2,(H,4,5)(H,6,7)/b;10-9-;. The lowest BCUT2D eigenvalue weighted by Crippen LogP contribution is -2.03. The Balaban J connectivity index is -0.000000685. The lowest BCUT2D eigenvalue weighted by molar-refractivity contribution is -0.147. The number of aliphatic carboxylic acids is 4. The van der Waals surface area contributed by atoms with E-state index in [-0.39, 0.29) is 0 Å². The number of rotatable bonds is 33. The summed E-state index contributed by atoms with van der Waals surface area (Å²) in [6.07, 6.45) is 40.6. The van der Waals surface area contributed by atoms with Gasteiger partial charge in [0, 0.05) is 12.8 Å². The van der Waals surface area contributed by atoms with Gasteiger partial charge >= 0.3 is 23.9 Å². The molecule has 0 aromatic rings. The lowest BCUT2D eigenvalue weighted by atomic mass is 10.0. The highest BCUT2D eigenvalue weighted by Gasteiger charge is 2.02. The highest BCUT2D eigenvalue weighted by atomic mass is 16.4. The molecule has 0 amide bonds. The summed E-state index contributed by atoms with van der Waals surface area (Å²) in [6, 6.07) is 0. The fraction of sp³-hybridized carbons (Fsp3) is 0.846. The minimum Gasteiger partial charge on any atom is -0.481 e. The molecule has 0 aromatic heterocycles. The molecule has 8 heteroatoms. The molecule has 0 saturated heterocycles. The van der Waals surface area contributed by atoms with Gasteiger partial charge in [0.25, 0.3) is 0 Å². The Kier molecular flexibility index (Phi) is 45.5. The maximum Gasteiger partial charge on any atom is 0.314 e. The van der Waals surface area contributed by atoms with Crippen LogP contribution < -0.4 is 0 Å². The SMILES string of the molecule is CCCCCCCC/C=C\CCCCCCCC(=O)O.CCCCCCCCCCCCCCCCCC(=O)O.O=C(O)CC(=O)O. The lowest BCUT2D eigenvalue weighted by Gasteiger charge is -2.03. The maximum atomic E-state index is 10.3. The molecule has 278 valence electrons. The molecular weight excluding hydrogens is 596 g/mol. The van der Waals surface area contributed by atoms with Crippen molar-refractivity contribution in [2.75, 3.05) is 0 Å². The van der Waals surface area contributed by atoms with Crippen LogP contribution in [-0.4, -0.2) is 44.3 Å². The van der Waals surface area contributed by atoms with Gasteiger partial charge < -0.3 is 20.4 Å². The number of carboxylic acids is 4. The summed E-state index contributed by atoms with van der Waals surface area (Å²) in [7, 11) is 0. The van der Waals surface area contributed by atoms with Crippen molar-refractivity contribution in [2.45, 2.75) is 213 Å². The second-order valence-corrected chi connectivity index (χ2v) is 12.8. The van der Waals surface area contributed by atoms with Gasteiger partial charge in [-0.25, -0.2) is 0 Å². The van der Waals surface area contributed by atoms with Gasteiger partial charge in [0.2, 0.25) is 0 Å². The van der Waals surface area contributed by atoms with Gasteiger partial charge in [-0.3, -0.25) is 19.2 Å². The molecule has 0 aromatic carbocycles. The normalized spacial score (nSPS) is 10.6. The van der Waals surface area contributed by atoms with E-state index in [9.17, 15) is 19.2 Å². The highest BCUT2D eigenvalue weighted by Crippen LogP contribution is 2.14. The van der Waals surface area contributed by atoms with Gasteiger partial charge in [-0.1, -0.05) is 167 Å². The van der Waals surface area contributed by atoms with Crippen molar-refractivity contribution in [3.8, 4) is 0 Å². The van der Waals surface area contributed by atoms with Crippen LogP contribution in [0.4, 0.5) is 0 Å². The van der Waals surface area contributed by atoms with Crippen molar-refractivity contribution in [3.63, 3.8) is 0 Å². The predicted molar refractivity (Wildman–Crippen MR) is 194 cm³/mol. The average Bonchev–Trinajstić information content (AvgIpc) is 3.00. The van der Waals surface area contributed by atoms with Crippen LogP contribution in [-0.2, 0) is 19.2 Å². The van der Waals surface area contributed by atoms with Gasteiger partial charge in [0.15, 0.2) is 0 Å².